The number of benzene rings is 1. The number of carbonyl (C=O) groups is 1. The van der Waals surface area contributed by atoms with Gasteiger partial charge in [0.2, 0.25) is 0 Å². The lowest BCUT2D eigenvalue weighted by Gasteiger charge is -2.26. The molecule has 1 saturated carbocycles. The molecule has 0 saturated heterocycles. The minimum absolute atomic E-state index is 0.107. The Morgan fingerprint density at radius 3 is 2.68 bits per heavy atom. The summed E-state index contributed by atoms with van der Waals surface area (Å²) >= 11 is 0. The molecular formula is C15H20FNO2. The van der Waals surface area contributed by atoms with E-state index < -0.39 is 0 Å². The normalized spacial score (nSPS) is 17.4. The molecule has 0 aromatic heterocycles. The predicted octanol–water partition coefficient (Wildman–Crippen LogP) is 2.42. The largest absolute Gasteiger partial charge is 0.396 e. The fourth-order valence-electron chi connectivity index (χ4n) is 2.76. The SMILES string of the molecule is Cc1cc(F)ccc1C(=O)NCC1(CO)CCCC1. The summed E-state index contributed by atoms with van der Waals surface area (Å²) < 4.78 is 13.0. The van der Waals surface area contributed by atoms with Crippen LogP contribution in [0.15, 0.2) is 18.2 Å². The van der Waals surface area contributed by atoms with Crippen molar-refractivity contribution < 1.29 is 14.3 Å². The van der Waals surface area contributed by atoms with Crippen molar-refractivity contribution >= 4 is 5.91 Å². The molecule has 1 aromatic carbocycles. The molecule has 1 aliphatic carbocycles. The van der Waals surface area contributed by atoms with Crippen LogP contribution in [-0.4, -0.2) is 24.2 Å². The minimum atomic E-state index is -0.336. The Hall–Kier alpha value is -1.42. The second-order valence-electron chi connectivity index (χ2n) is 5.51. The van der Waals surface area contributed by atoms with Gasteiger partial charge in [-0.05, 0) is 43.5 Å². The highest BCUT2D eigenvalue weighted by Crippen LogP contribution is 2.36. The van der Waals surface area contributed by atoms with Gasteiger partial charge < -0.3 is 10.4 Å². The molecule has 19 heavy (non-hydrogen) atoms. The second-order valence-corrected chi connectivity index (χ2v) is 5.51. The Labute approximate surface area is 112 Å². The van der Waals surface area contributed by atoms with Crippen LogP contribution in [0.5, 0.6) is 0 Å². The van der Waals surface area contributed by atoms with Gasteiger partial charge >= 0.3 is 0 Å². The van der Waals surface area contributed by atoms with Crippen molar-refractivity contribution in [1.82, 2.24) is 5.32 Å². The lowest BCUT2D eigenvalue weighted by Crippen LogP contribution is -2.38. The number of nitrogens with one attached hydrogen (secondary N) is 1. The van der Waals surface area contributed by atoms with Crippen LogP contribution >= 0.6 is 0 Å². The zero-order chi connectivity index (χ0) is 13.9. The molecule has 0 unspecified atom stereocenters. The molecule has 1 aliphatic rings. The quantitative estimate of drug-likeness (QED) is 0.878. The molecule has 1 fully saturated rings. The topological polar surface area (TPSA) is 49.3 Å². The van der Waals surface area contributed by atoms with E-state index in [4.69, 9.17) is 0 Å². The van der Waals surface area contributed by atoms with Crippen molar-refractivity contribution in [3.05, 3.63) is 35.1 Å². The number of halogens is 1. The average molecular weight is 265 g/mol. The molecule has 0 atom stereocenters. The van der Waals surface area contributed by atoms with E-state index in [0.717, 1.165) is 25.7 Å². The van der Waals surface area contributed by atoms with E-state index >= 15 is 0 Å². The predicted molar refractivity (Wildman–Crippen MR) is 71.5 cm³/mol. The average Bonchev–Trinajstić information content (AvgIpc) is 2.85. The summed E-state index contributed by atoms with van der Waals surface area (Å²) in [5.74, 6) is -0.533. The zero-order valence-electron chi connectivity index (χ0n) is 11.2. The maximum atomic E-state index is 13.0. The Morgan fingerprint density at radius 1 is 1.42 bits per heavy atom. The molecule has 0 bridgehead atoms. The van der Waals surface area contributed by atoms with Gasteiger partial charge in [0.1, 0.15) is 5.82 Å². The van der Waals surface area contributed by atoms with Crippen molar-refractivity contribution in [1.29, 1.82) is 0 Å². The first-order valence-corrected chi connectivity index (χ1v) is 6.72. The summed E-state index contributed by atoms with van der Waals surface area (Å²) in [7, 11) is 0. The minimum Gasteiger partial charge on any atom is -0.396 e. The van der Waals surface area contributed by atoms with Gasteiger partial charge in [0.05, 0.1) is 6.61 Å². The van der Waals surface area contributed by atoms with Crippen molar-refractivity contribution in [3.8, 4) is 0 Å². The molecule has 4 heteroatoms. The van der Waals surface area contributed by atoms with Crippen LogP contribution in [-0.2, 0) is 0 Å². The molecule has 104 valence electrons. The number of hydrogen-bond donors (Lipinski definition) is 2. The third-order valence-electron chi connectivity index (χ3n) is 4.06. The van der Waals surface area contributed by atoms with Crippen LogP contribution < -0.4 is 5.32 Å². The molecule has 0 aliphatic heterocycles. The van der Waals surface area contributed by atoms with Crippen molar-refractivity contribution in [3.63, 3.8) is 0 Å². The van der Waals surface area contributed by atoms with E-state index in [-0.39, 0.29) is 23.7 Å². The molecule has 1 amide bonds. The standard InChI is InChI=1S/C15H20FNO2/c1-11-8-12(16)4-5-13(11)14(19)17-9-15(10-18)6-2-3-7-15/h4-5,8,18H,2-3,6-7,9-10H2,1H3,(H,17,19). The first-order valence-electron chi connectivity index (χ1n) is 6.72. The summed E-state index contributed by atoms with van der Waals surface area (Å²) in [6, 6.07) is 4.14. The Morgan fingerprint density at radius 2 is 2.11 bits per heavy atom. The van der Waals surface area contributed by atoms with Gasteiger partial charge in [0.25, 0.3) is 5.91 Å². The van der Waals surface area contributed by atoms with E-state index in [1.807, 2.05) is 0 Å². The Balaban J connectivity index is 2.01. The lowest BCUT2D eigenvalue weighted by atomic mass is 9.87. The third kappa shape index (κ3) is 3.13. The van der Waals surface area contributed by atoms with E-state index in [2.05, 4.69) is 5.32 Å². The van der Waals surface area contributed by atoms with Crippen molar-refractivity contribution in [2.45, 2.75) is 32.6 Å². The molecule has 0 radical (unpaired) electrons. The lowest BCUT2D eigenvalue weighted by molar-refractivity contribution is 0.0880. The number of amides is 1. The van der Waals surface area contributed by atoms with Gasteiger partial charge in [0, 0.05) is 17.5 Å². The summed E-state index contributed by atoms with van der Waals surface area (Å²) in [6.07, 6.45) is 4.11. The van der Waals surface area contributed by atoms with E-state index in [1.165, 1.54) is 18.2 Å². The van der Waals surface area contributed by atoms with Gasteiger partial charge in [-0.15, -0.1) is 0 Å². The molecule has 1 aromatic rings. The zero-order valence-corrected chi connectivity index (χ0v) is 11.2. The highest BCUT2D eigenvalue weighted by Gasteiger charge is 2.33. The molecule has 2 N–H and O–H groups in total. The van der Waals surface area contributed by atoms with Crippen LogP contribution in [0.25, 0.3) is 0 Å². The van der Waals surface area contributed by atoms with Crippen LogP contribution in [0, 0.1) is 18.2 Å². The van der Waals surface area contributed by atoms with Crippen LogP contribution in [0.4, 0.5) is 4.39 Å². The second kappa shape index (κ2) is 5.70. The van der Waals surface area contributed by atoms with Gasteiger partial charge in [-0.25, -0.2) is 4.39 Å². The van der Waals surface area contributed by atoms with Crippen LogP contribution in [0.2, 0.25) is 0 Å². The smallest absolute Gasteiger partial charge is 0.251 e. The van der Waals surface area contributed by atoms with Gasteiger partial charge in [0.15, 0.2) is 0 Å². The summed E-state index contributed by atoms with van der Waals surface area (Å²) in [6.45, 7) is 2.31. The first-order chi connectivity index (χ1) is 9.06. The van der Waals surface area contributed by atoms with Crippen molar-refractivity contribution in [2.24, 2.45) is 5.41 Å². The maximum Gasteiger partial charge on any atom is 0.251 e. The van der Waals surface area contributed by atoms with Gasteiger partial charge in [-0.2, -0.15) is 0 Å². The highest BCUT2D eigenvalue weighted by molar-refractivity contribution is 5.95. The number of hydrogen-bond acceptors (Lipinski definition) is 2. The fraction of sp³-hybridized carbons (Fsp3) is 0.533. The van der Waals surface area contributed by atoms with Gasteiger partial charge in [-0.3, -0.25) is 4.79 Å². The highest BCUT2D eigenvalue weighted by atomic mass is 19.1. The monoisotopic (exact) mass is 265 g/mol. The number of carbonyl (C=O) groups excluding carboxylic acids is 1. The van der Waals surface area contributed by atoms with Crippen molar-refractivity contribution in [2.75, 3.05) is 13.2 Å². The number of aliphatic hydroxyl groups is 1. The summed E-state index contributed by atoms with van der Waals surface area (Å²) in [5.41, 5.74) is 0.957. The van der Waals surface area contributed by atoms with Crippen LogP contribution in [0.1, 0.15) is 41.6 Å². The van der Waals surface area contributed by atoms with E-state index in [0.29, 0.717) is 17.7 Å². The molecular weight excluding hydrogens is 245 g/mol. The summed E-state index contributed by atoms with van der Waals surface area (Å²) in [5, 5.41) is 12.4. The first kappa shape index (κ1) is 14.0. The van der Waals surface area contributed by atoms with E-state index in [1.54, 1.807) is 6.92 Å². The molecule has 3 nitrogen and oxygen atoms in total. The van der Waals surface area contributed by atoms with Crippen LogP contribution in [0.3, 0.4) is 0 Å². The Kier molecular flexibility index (Phi) is 4.20. The molecule has 2 rings (SSSR count). The fourth-order valence-corrected chi connectivity index (χ4v) is 2.76. The summed E-state index contributed by atoms with van der Waals surface area (Å²) in [4.78, 5) is 12.1. The Bertz CT molecular complexity index is 467. The number of rotatable bonds is 4. The number of aryl methyl sites for hydroxylation is 1. The molecule has 0 heterocycles. The molecule has 0 spiro atoms. The third-order valence-corrected chi connectivity index (χ3v) is 4.06. The van der Waals surface area contributed by atoms with E-state index in [9.17, 15) is 14.3 Å². The number of aliphatic hydroxyl groups excluding tert-OH is 1. The maximum absolute atomic E-state index is 13.0. The van der Waals surface area contributed by atoms with Gasteiger partial charge in [-0.1, -0.05) is 12.8 Å².